The molecule has 0 heterocycles. The molecule has 1 rings (SSSR count). The van der Waals surface area contributed by atoms with Crippen LogP contribution in [0, 0.1) is 11.3 Å². The lowest BCUT2D eigenvalue weighted by molar-refractivity contribution is -0.142. The average Bonchev–Trinajstić information content (AvgIpc) is 2.19. The maximum atomic E-state index is 10.4. The van der Waals surface area contributed by atoms with Crippen molar-refractivity contribution in [3.63, 3.8) is 0 Å². The number of hydrogen-bond donors (Lipinski definition) is 2. The van der Waals surface area contributed by atoms with E-state index in [1.165, 1.54) is 6.42 Å². The number of rotatable bonds is 1. The third-order valence-corrected chi connectivity index (χ3v) is 2.43. The van der Waals surface area contributed by atoms with Gasteiger partial charge in [-0.15, -0.1) is 0 Å². The predicted octanol–water partition coefficient (Wildman–Crippen LogP) is 2.68. The van der Waals surface area contributed by atoms with Crippen molar-refractivity contribution in [1.29, 1.82) is 0 Å². The Hall–Kier alpha value is -0.570. The van der Waals surface area contributed by atoms with Gasteiger partial charge in [0.1, 0.15) is 0 Å². The van der Waals surface area contributed by atoms with E-state index in [2.05, 4.69) is 0 Å². The van der Waals surface area contributed by atoms with Crippen molar-refractivity contribution in [3.05, 3.63) is 0 Å². The zero-order chi connectivity index (χ0) is 11.9. The second kappa shape index (κ2) is 6.83. The van der Waals surface area contributed by atoms with Crippen LogP contribution >= 0.6 is 0 Å². The van der Waals surface area contributed by atoms with E-state index < -0.39 is 5.97 Å². The van der Waals surface area contributed by atoms with Crippen molar-refractivity contribution in [2.24, 2.45) is 11.3 Å². The van der Waals surface area contributed by atoms with Gasteiger partial charge in [-0.1, -0.05) is 40.0 Å². The number of aliphatic carboxylic acids is 1. The fourth-order valence-corrected chi connectivity index (χ4v) is 1.35. The normalized spacial score (nSPS) is 17.9. The summed E-state index contributed by atoms with van der Waals surface area (Å²) in [5, 5.41) is 16.9. The van der Waals surface area contributed by atoms with Crippen LogP contribution in [0.15, 0.2) is 0 Å². The second-order valence-electron chi connectivity index (χ2n) is 5.39. The predicted molar refractivity (Wildman–Crippen MR) is 60.8 cm³/mol. The Balaban J connectivity index is 0.000000288. The van der Waals surface area contributed by atoms with Gasteiger partial charge in [-0.2, -0.15) is 0 Å². The SMILES string of the molecule is CC(C)(C)CO.O=C(O)C1CCCCC1. The largest absolute Gasteiger partial charge is 0.481 e. The quantitative estimate of drug-likeness (QED) is 0.708. The van der Waals surface area contributed by atoms with Crippen molar-refractivity contribution in [1.82, 2.24) is 0 Å². The van der Waals surface area contributed by atoms with Gasteiger partial charge in [0.15, 0.2) is 0 Å². The van der Waals surface area contributed by atoms with E-state index in [1.807, 2.05) is 20.8 Å². The molecule has 0 aromatic carbocycles. The van der Waals surface area contributed by atoms with Crippen molar-refractivity contribution in [2.45, 2.75) is 52.9 Å². The molecular weight excluding hydrogens is 192 g/mol. The Bertz CT molecular complexity index is 176. The minimum atomic E-state index is -0.602. The summed E-state index contributed by atoms with van der Waals surface area (Å²) in [6.45, 7) is 6.25. The molecule has 0 aromatic rings. The van der Waals surface area contributed by atoms with Crippen molar-refractivity contribution in [3.8, 4) is 0 Å². The standard InChI is InChI=1S/C7H12O2.C5H12O/c8-7(9)6-4-2-1-3-5-6;1-5(2,3)4-6/h6H,1-5H2,(H,8,9);6H,4H2,1-3H3. The van der Waals surface area contributed by atoms with Gasteiger partial charge in [0.25, 0.3) is 0 Å². The summed E-state index contributed by atoms with van der Waals surface area (Å²) in [4.78, 5) is 10.4. The molecule has 0 bridgehead atoms. The molecule has 3 heteroatoms. The van der Waals surface area contributed by atoms with Crippen LogP contribution in [0.4, 0.5) is 0 Å². The third kappa shape index (κ3) is 8.43. The molecule has 0 unspecified atom stereocenters. The molecule has 0 radical (unpaired) electrons. The first-order valence-corrected chi connectivity index (χ1v) is 5.70. The first-order valence-electron chi connectivity index (χ1n) is 5.70. The van der Waals surface area contributed by atoms with Gasteiger partial charge in [0.2, 0.25) is 0 Å². The van der Waals surface area contributed by atoms with Crippen LogP contribution in [0.2, 0.25) is 0 Å². The van der Waals surface area contributed by atoms with E-state index in [4.69, 9.17) is 10.2 Å². The van der Waals surface area contributed by atoms with Crippen LogP contribution in [-0.2, 0) is 4.79 Å². The van der Waals surface area contributed by atoms with Gasteiger partial charge in [0, 0.05) is 6.61 Å². The van der Waals surface area contributed by atoms with E-state index in [1.54, 1.807) is 0 Å². The maximum absolute atomic E-state index is 10.4. The Morgan fingerprint density at radius 3 is 1.80 bits per heavy atom. The fraction of sp³-hybridized carbons (Fsp3) is 0.917. The number of aliphatic hydroxyl groups is 1. The minimum absolute atomic E-state index is 0.0289. The molecule has 0 aliphatic heterocycles. The molecule has 1 saturated carbocycles. The molecule has 1 aliphatic carbocycles. The Kier molecular flexibility index (Phi) is 6.57. The summed E-state index contributed by atoms with van der Waals surface area (Å²) in [6, 6.07) is 0. The van der Waals surface area contributed by atoms with Gasteiger partial charge in [-0.3, -0.25) is 4.79 Å². The Morgan fingerprint density at radius 2 is 1.60 bits per heavy atom. The van der Waals surface area contributed by atoms with Crippen LogP contribution in [-0.4, -0.2) is 22.8 Å². The highest BCUT2D eigenvalue weighted by Crippen LogP contribution is 2.23. The van der Waals surface area contributed by atoms with E-state index in [0.29, 0.717) is 0 Å². The van der Waals surface area contributed by atoms with Crippen molar-refractivity contribution in [2.75, 3.05) is 6.61 Å². The topological polar surface area (TPSA) is 57.5 Å². The molecule has 0 amide bonds. The van der Waals surface area contributed by atoms with Crippen LogP contribution in [0.1, 0.15) is 52.9 Å². The molecule has 1 fully saturated rings. The minimum Gasteiger partial charge on any atom is -0.481 e. The average molecular weight is 216 g/mol. The maximum Gasteiger partial charge on any atom is 0.306 e. The monoisotopic (exact) mass is 216 g/mol. The molecular formula is C12H24O3. The summed E-state index contributed by atoms with van der Waals surface area (Å²) in [5.41, 5.74) is 0.0972. The van der Waals surface area contributed by atoms with Crippen LogP contribution in [0.3, 0.4) is 0 Å². The van der Waals surface area contributed by atoms with Crippen LogP contribution < -0.4 is 0 Å². The molecule has 0 aromatic heterocycles. The van der Waals surface area contributed by atoms with Gasteiger partial charge in [0.05, 0.1) is 5.92 Å². The number of carboxylic acid groups (broad SMARTS) is 1. The summed E-state index contributed by atoms with van der Waals surface area (Å²) in [6.07, 6.45) is 5.24. The van der Waals surface area contributed by atoms with Crippen LogP contribution in [0.25, 0.3) is 0 Å². The van der Waals surface area contributed by atoms with E-state index in [9.17, 15) is 4.79 Å². The zero-order valence-electron chi connectivity index (χ0n) is 10.1. The molecule has 15 heavy (non-hydrogen) atoms. The lowest BCUT2D eigenvalue weighted by Gasteiger charge is -2.16. The van der Waals surface area contributed by atoms with E-state index >= 15 is 0 Å². The van der Waals surface area contributed by atoms with Gasteiger partial charge >= 0.3 is 5.97 Å². The highest BCUT2D eigenvalue weighted by molar-refractivity contribution is 5.69. The van der Waals surface area contributed by atoms with Gasteiger partial charge < -0.3 is 10.2 Å². The number of carbonyl (C=O) groups is 1. The van der Waals surface area contributed by atoms with Gasteiger partial charge in [-0.25, -0.2) is 0 Å². The number of hydrogen-bond acceptors (Lipinski definition) is 2. The fourth-order valence-electron chi connectivity index (χ4n) is 1.35. The highest BCUT2D eigenvalue weighted by atomic mass is 16.4. The first-order chi connectivity index (χ1) is 6.87. The number of aliphatic hydroxyl groups excluding tert-OH is 1. The second-order valence-corrected chi connectivity index (χ2v) is 5.39. The van der Waals surface area contributed by atoms with Crippen molar-refractivity contribution < 1.29 is 15.0 Å². The van der Waals surface area contributed by atoms with Gasteiger partial charge in [-0.05, 0) is 18.3 Å². The molecule has 90 valence electrons. The first kappa shape index (κ1) is 14.4. The number of carboxylic acids is 1. The lowest BCUT2D eigenvalue weighted by Crippen LogP contribution is -2.16. The molecule has 0 atom stereocenters. The van der Waals surface area contributed by atoms with E-state index in [0.717, 1.165) is 25.7 Å². The summed E-state index contributed by atoms with van der Waals surface area (Å²) < 4.78 is 0. The lowest BCUT2D eigenvalue weighted by atomic mass is 9.90. The molecule has 1 aliphatic rings. The summed E-state index contributed by atoms with van der Waals surface area (Å²) in [5.74, 6) is -0.631. The molecule has 2 N–H and O–H groups in total. The summed E-state index contributed by atoms with van der Waals surface area (Å²) >= 11 is 0. The molecule has 0 spiro atoms. The third-order valence-electron chi connectivity index (χ3n) is 2.43. The highest BCUT2D eigenvalue weighted by Gasteiger charge is 2.19. The van der Waals surface area contributed by atoms with E-state index in [-0.39, 0.29) is 17.9 Å². The van der Waals surface area contributed by atoms with Crippen molar-refractivity contribution >= 4 is 5.97 Å². The molecule has 3 nitrogen and oxygen atoms in total. The zero-order valence-corrected chi connectivity index (χ0v) is 10.1. The summed E-state index contributed by atoms with van der Waals surface area (Å²) in [7, 11) is 0. The Morgan fingerprint density at radius 1 is 1.20 bits per heavy atom. The Labute approximate surface area is 92.5 Å². The van der Waals surface area contributed by atoms with Crippen LogP contribution in [0.5, 0.6) is 0 Å². The smallest absolute Gasteiger partial charge is 0.306 e. The molecule has 0 saturated heterocycles.